The Hall–Kier alpha value is -1.02. The standard InChI is InChI=1S/C12H14ClNO/c13-6-5-12(15)14-8-10-7-9-3-1-2-4-11(9)10/h1-4,10H,5-8H2,(H,14,15). The first-order valence-corrected chi connectivity index (χ1v) is 5.75. The number of rotatable bonds is 4. The van der Waals surface area contributed by atoms with Gasteiger partial charge in [-0.15, -0.1) is 11.6 Å². The zero-order chi connectivity index (χ0) is 10.7. The fraction of sp³-hybridized carbons (Fsp3) is 0.417. The van der Waals surface area contributed by atoms with Crippen molar-refractivity contribution in [2.75, 3.05) is 12.4 Å². The van der Waals surface area contributed by atoms with Crippen LogP contribution in [0.4, 0.5) is 0 Å². The van der Waals surface area contributed by atoms with Gasteiger partial charge in [0, 0.05) is 24.8 Å². The van der Waals surface area contributed by atoms with Crippen molar-refractivity contribution in [1.82, 2.24) is 5.32 Å². The molecule has 1 aromatic carbocycles. The predicted octanol–water partition coefficient (Wildman–Crippen LogP) is 2.07. The molecular weight excluding hydrogens is 210 g/mol. The van der Waals surface area contributed by atoms with E-state index in [0.717, 1.165) is 13.0 Å². The van der Waals surface area contributed by atoms with Gasteiger partial charge in [0.15, 0.2) is 0 Å². The molecule has 0 fully saturated rings. The lowest BCUT2D eigenvalue weighted by molar-refractivity contribution is -0.120. The van der Waals surface area contributed by atoms with E-state index >= 15 is 0 Å². The first-order chi connectivity index (χ1) is 7.31. The highest BCUT2D eigenvalue weighted by Crippen LogP contribution is 2.33. The summed E-state index contributed by atoms with van der Waals surface area (Å²) in [5.41, 5.74) is 2.79. The molecular formula is C12H14ClNO. The van der Waals surface area contributed by atoms with E-state index in [-0.39, 0.29) is 5.91 Å². The van der Waals surface area contributed by atoms with Gasteiger partial charge in [0.25, 0.3) is 0 Å². The average molecular weight is 224 g/mol. The molecule has 1 aliphatic rings. The van der Waals surface area contributed by atoms with E-state index in [4.69, 9.17) is 11.6 Å². The Morgan fingerprint density at radius 1 is 1.47 bits per heavy atom. The van der Waals surface area contributed by atoms with Crippen molar-refractivity contribution in [3.8, 4) is 0 Å². The molecule has 15 heavy (non-hydrogen) atoms. The second-order valence-corrected chi connectivity index (χ2v) is 4.22. The molecule has 0 aliphatic heterocycles. The van der Waals surface area contributed by atoms with E-state index in [9.17, 15) is 4.79 Å². The summed E-state index contributed by atoms with van der Waals surface area (Å²) < 4.78 is 0. The number of hydrogen-bond acceptors (Lipinski definition) is 1. The summed E-state index contributed by atoms with van der Waals surface area (Å²) in [6, 6.07) is 8.39. The number of hydrogen-bond donors (Lipinski definition) is 1. The van der Waals surface area contributed by atoms with Gasteiger partial charge >= 0.3 is 0 Å². The van der Waals surface area contributed by atoms with Gasteiger partial charge in [0.2, 0.25) is 5.91 Å². The third-order valence-electron chi connectivity index (χ3n) is 2.83. The smallest absolute Gasteiger partial charge is 0.221 e. The molecule has 2 nitrogen and oxygen atoms in total. The minimum Gasteiger partial charge on any atom is -0.355 e. The molecule has 1 aromatic rings. The number of amides is 1. The molecule has 1 aliphatic carbocycles. The SMILES string of the molecule is O=C(CCCl)NCC1Cc2ccccc21. The minimum absolute atomic E-state index is 0.0504. The summed E-state index contributed by atoms with van der Waals surface area (Å²) >= 11 is 5.48. The predicted molar refractivity (Wildman–Crippen MR) is 61.2 cm³/mol. The van der Waals surface area contributed by atoms with E-state index in [1.807, 2.05) is 6.07 Å². The topological polar surface area (TPSA) is 29.1 Å². The first kappa shape index (κ1) is 10.5. The second-order valence-electron chi connectivity index (χ2n) is 3.84. The summed E-state index contributed by atoms with van der Waals surface area (Å²) in [5, 5.41) is 2.90. The zero-order valence-electron chi connectivity index (χ0n) is 8.50. The zero-order valence-corrected chi connectivity index (χ0v) is 9.26. The Morgan fingerprint density at radius 2 is 2.27 bits per heavy atom. The fourth-order valence-corrected chi connectivity index (χ4v) is 2.13. The minimum atomic E-state index is 0.0504. The van der Waals surface area contributed by atoms with Gasteiger partial charge in [0.05, 0.1) is 0 Å². The number of carbonyl (C=O) groups excluding carboxylic acids is 1. The van der Waals surface area contributed by atoms with Crippen LogP contribution in [0.15, 0.2) is 24.3 Å². The molecule has 1 N–H and O–H groups in total. The van der Waals surface area contributed by atoms with Crippen molar-refractivity contribution in [2.24, 2.45) is 0 Å². The Bertz CT molecular complexity index is 364. The van der Waals surface area contributed by atoms with E-state index in [1.54, 1.807) is 0 Å². The molecule has 0 radical (unpaired) electrons. The fourth-order valence-electron chi connectivity index (χ4n) is 1.96. The van der Waals surface area contributed by atoms with E-state index in [1.165, 1.54) is 11.1 Å². The molecule has 0 spiro atoms. The molecule has 0 saturated heterocycles. The second kappa shape index (κ2) is 4.67. The summed E-state index contributed by atoms with van der Waals surface area (Å²) in [6.45, 7) is 0.743. The monoisotopic (exact) mass is 223 g/mol. The third kappa shape index (κ3) is 2.32. The van der Waals surface area contributed by atoms with Crippen LogP contribution in [0.25, 0.3) is 0 Å². The van der Waals surface area contributed by atoms with Crippen molar-refractivity contribution >= 4 is 17.5 Å². The maximum Gasteiger partial charge on any atom is 0.221 e. The van der Waals surface area contributed by atoms with Crippen LogP contribution >= 0.6 is 11.6 Å². The van der Waals surface area contributed by atoms with Gasteiger partial charge in [-0.2, -0.15) is 0 Å². The lowest BCUT2D eigenvalue weighted by Crippen LogP contribution is -2.33. The Kier molecular flexibility index (Phi) is 3.27. The molecule has 0 bridgehead atoms. The molecule has 0 heterocycles. The maximum absolute atomic E-state index is 11.2. The quantitative estimate of drug-likeness (QED) is 0.778. The Morgan fingerprint density at radius 3 is 3.00 bits per heavy atom. The molecule has 80 valence electrons. The summed E-state index contributed by atoms with van der Waals surface area (Å²) in [7, 11) is 0. The van der Waals surface area contributed by atoms with E-state index < -0.39 is 0 Å². The van der Waals surface area contributed by atoms with E-state index in [2.05, 4.69) is 23.5 Å². The van der Waals surface area contributed by atoms with Crippen LogP contribution in [0.5, 0.6) is 0 Å². The molecule has 0 aromatic heterocycles. The van der Waals surface area contributed by atoms with Crippen LogP contribution in [-0.4, -0.2) is 18.3 Å². The number of fused-ring (bicyclic) bond motifs is 1. The molecule has 3 heteroatoms. The van der Waals surface area contributed by atoms with Crippen LogP contribution in [0.3, 0.4) is 0 Å². The number of benzene rings is 1. The lowest BCUT2D eigenvalue weighted by Gasteiger charge is -2.30. The van der Waals surface area contributed by atoms with Crippen molar-refractivity contribution < 1.29 is 4.79 Å². The molecule has 1 atom stereocenters. The van der Waals surface area contributed by atoms with Crippen LogP contribution in [-0.2, 0) is 11.2 Å². The molecule has 1 unspecified atom stereocenters. The number of alkyl halides is 1. The Balaban J connectivity index is 1.82. The van der Waals surface area contributed by atoms with Gasteiger partial charge in [-0.25, -0.2) is 0 Å². The number of carbonyl (C=O) groups is 1. The van der Waals surface area contributed by atoms with Gasteiger partial charge in [-0.3, -0.25) is 4.79 Å². The first-order valence-electron chi connectivity index (χ1n) is 5.21. The summed E-state index contributed by atoms with van der Waals surface area (Å²) in [6.07, 6.45) is 1.49. The molecule has 0 saturated carbocycles. The number of nitrogens with one attached hydrogen (secondary N) is 1. The highest BCUT2D eigenvalue weighted by molar-refractivity contribution is 6.18. The van der Waals surface area contributed by atoms with Crippen molar-refractivity contribution in [1.29, 1.82) is 0 Å². The Labute approximate surface area is 94.6 Å². The largest absolute Gasteiger partial charge is 0.355 e. The van der Waals surface area contributed by atoms with Gasteiger partial charge in [0.1, 0.15) is 0 Å². The van der Waals surface area contributed by atoms with Crippen LogP contribution in [0.2, 0.25) is 0 Å². The van der Waals surface area contributed by atoms with Gasteiger partial charge in [-0.1, -0.05) is 24.3 Å². The average Bonchev–Trinajstić information content (AvgIpc) is 2.20. The highest BCUT2D eigenvalue weighted by Gasteiger charge is 2.25. The normalized spacial score (nSPS) is 17.8. The van der Waals surface area contributed by atoms with Crippen LogP contribution in [0, 0.1) is 0 Å². The van der Waals surface area contributed by atoms with E-state index in [0.29, 0.717) is 18.2 Å². The third-order valence-corrected chi connectivity index (χ3v) is 3.02. The van der Waals surface area contributed by atoms with Crippen LogP contribution in [0.1, 0.15) is 23.5 Å². The van der Waals surface area contributed by atoms with Gasteiger partial charge < -0.3 is 5.32 Å². The number of halogens is 1. The molecule has 2 rings (SSSR count). The lowest BCUT2D eigenvalue weighted by atomic mass is 9.77. The maximum atomic E-state index is 11.2. The van der Waals surface area contributed by atoms with Crippen molar-refractivity contribution in [2.45, 2.75) is 18.8 Å². The van der Waals surface area contributed by atoms with Crippen molar-refractivity contribution in [3.05, 3.63) is 35.4 Å². The van der Waals surface area contributed by atoms with Crippen molar-refractivity contribution in [3.63, 3.8) is 0 Å². The van der Waals surface area contributed by atoms with Crippen LogP contribution < -0.4 is 5.32 Å². The molecule has 1 amide bonds. The summed E-state index contributed by atoms with van der Waals surface area (Å²) in [5.74, 6) is 0.947. The van der Waals surface area contributed by atoms with Gasteiger partial charge in [-0.05, 0) is 17.5 Å². The summed E-state index contributed by atoms with van der Waals surface area (Å²) in [4.78, 5) is 11.2. The highest BCUT2D eigenvalue weighted by atomic mass is 35.5.